The van der Waals surface area contributed by atoms with Crippen LogP contribution in [0, 0.1) is 0 Å². The molecule has 0 radical (unpaired) electrons. The van der Waals surface area contributed by atoms with Crippen LogP contribution in [0.1, 0.15) is 31.5 Å². The minimum Gasteiger partial charge on any atom is -0.370 e. The second-order valence-corrected chi connectivity index (χ2v) is 7.16. The highest BCUT2D eigenvalue weighted by molar-refractivity contribution is 7.25. The number of aryl methyl sites for hydroxylation is 1. The Balaban J connectivity index is 1.98. The van der Waals surface area contributed by atoms with Crippen LogP contribution in [0.2, 0.25) is 0 Å². The molecule has 0 spiro atoms. The van der Waals surface area contributed by atoms with Crippen LogP contribution in [0.25, 0.3) is 20.4 Å². The van der Waals surface area contributed by atoms with Crippen LogP contribution < -0.4 is 5.56 Å². The summed E-state index contributed by atoms with van der Waals surface area (Å²) in [5.41, 5.74) is 2.80. The summed E-state index contributed by atoms with van der Waals surface area (Å²) >= 11 is 1.44. The Bertz CT molecular complexity index is 959. The topological polar surface area (TPSA) is 57.0 Å². The van der Waals surface area contributed by atoms with Gasteiger partial charge in [-0.2, -0.15) is 0 Å². The first-order valence-electron chi connectivity index (χ1n) is 7.41. The molecule has 0 bridgehead atoms. The molecule has 0 amide bonds. The molecule has 5 nitrogen and oxygen atoms in total. The van der Waals surface area contributed by atoms with E-state index < -0.39 is 0 Å². The third-order valence-electron chi connectivity index (χ3n) is 4.57. The van der Waals surface area contributed by atoms with Crippen LogP contribution in [0.3, 0.4) is 0 Å². The molecule has 0 aliphatic carbocycles. The van der Waals surface area contributed by atoms with Crippen molar-refractivity contribution in [2.24, 2.45) is 7.05 Å². The third kappa shape index (κ3) is 1.90. The predicted octanol–water partition coefficient (Wildman–Crippen LogP) is 2.78. The van der Waals surface area contributed by atoms with E-state index in [-0.39, 0.29) is 11.2 Å². The van der Waals surface area contributed by atoms with Crippen molar-refractivity contribution in [1.82, 2.24) is 14.5 Å². The summed E-state index contributed by atoms with van der Waals surface area (Å²) in [5.74, 6) is 0. The lowest BCUT2D eigenvalue weighted by molar-refractivity contribution is -0.0573. The number of thiophene rings is 1. The van der Waals surface area contributed by atoms with Crippen molar-refractivity contribution in [2.75, 3.05) is 0 Å². The maximum absolute atomic E-state index is 12.2. The number of ether oxygens (including phenoxy) is 1. The lowest BCUT2D eigenvalue weighted by atomic mass is 9.91. The Morgan fingerprint density at radius 2 is 2.32 bits per heavy atom. The molecule has 0 N–H and O–H groups in total. The van der Waals surface area contributed by atoms with Crippen LogP contribution in [-0.2, 0) is 24.8 Å². The van der Waals surface area contributed by atoms with Crippen LogP contribution >= 0.6 is 11.3 Å². The van der Waals surface area contributed by atoms with E-state index in [9.17, 15) is 4.79 Å². The number of fused-ring (bicyclic) bond motifs is 4. The van der Waals surface area contributed by atoms with Gasteiger partial charge in [-0.25, -0.2) is 9.97 Å². The van der Waals surface area contributed by atoms with Gasteiger partial charge in [0.15, 0.2) is 0 Å². The number of rotatable bonds is 1. The lowest BCUT2D eigenvalue weighted by Crippen LogP contribution is -2.35. The molecule has 114 valence electrons. The van der Waals surface area contributed by atoms with Crippen molar-refractivity contribution >= 4 is 31.8 Å². The van der Waals surface area contributed by atoms with Crippen LogP contribution in [0.4, 0.5) is 0 Å². The van der Waals surface area contributed by atoms with Gasteiger partial charge in [0.05, 0.1) is 29.7 Å². The summed E-state index contributed by atoms with van der Waals surface area (Å²) in [7, 11) is 1.72. The van der Waals surface area contributed by atoms with E-state index in [4.69, 9.17) is 9.72 Å². The van der Waals surface area contributed by atoms with Crippen LogP contribution in [-0.4, -0.2) is 20.1 Å². The highest BCUT2D eigenvalue weighted by Gasteiger charge is 2.30. The highest BCUT2D eigenvalue weighted by Crippen LogP contribution is 2.35. The summed E-state index contributed by atoms with van der Waals surface area (Å²) in [6, 6.07) is 2.10. The minimum absolute atomic E-state index is 0.0133. The molecular weight excluding hydrogens is 298 g/mol. The van der Waals surface area contributed by atoms with E-state index in [0.717, 1.165) is 39.8 Å². The van der Waals surface area contributed by atoms with Crippen molar-refractivity contribution in [2.45, 2.75) is 38.9 Å². The second-order valence-electron chi connectivity index (χ2n) is 6.16. The van der Waals surface area contributed by atoms with E-state index in [1.54, 1.807) is 13.4 Å². The Morgan fingerprint density at radius 1 is 1.50 bits per heavy atom. The largest absolute Gasteiger partial charge is 0.370 e. The van der Waals surface area contributed by atoms with Gasteiger partial charge < -0.3 is 9.30 Å². The van der Waals surface area contributed by atoms with Crippen molar-refractivity contribution in [1.29, 1.82) is 0 Å². The molecule has 3 aromatic heterocycles. The molecule has 6 heteroatoms. The van der Waals surface area contributed by atoms with Crippen LogP contribution in [0.15, 0.2) is 17.2 Å². The predicted molar refractivity (Wildman–Crippen MR) is 87.4 cm³/mol. The molecule has 0 unspecified atom stereocenters. The normalized spacial score (nSPS) is 21.4. The van der Waals surface area contributed by atoms with Gasteiger partial charge in [0, 0.05) is 24.4 Å². The zero-order chi connectivity index (χ0) is 15.5. The van der Waals surface area contributed by atoms with Gasteiger partial charge >= 0.3 is 0 Å². The van der Waals surface area contributed by atoms with Crippen molar-refractivity contribution in [3.63, 3.8) is 0 Å². The summed E-state index contributed by atoms with van der Waals surface area (Å²) in [6.07, 6.45) is 3.34. The summed E-state index contributed by atoms with van der Waals surface area (Å²) in [6.45, 7) is 4.84. The smallest absolute Gasteiger partial charge is 0.271 e. The van der Waals surface area contributed by atoms with Gasteiger partial charge in [0.2, 0.25) is 0 Å². The maximum atomic E-state index is 12.2. The Kier molecular flexibility index (Phi) is 2.90. The zero-order valence-corrected chi connectivity index (χ0v) is 13.7. The quantitative estimate of drug-likeness (QED) is 0.693. The number of hydrogen-bond acceptors (Lipinski definition) is 5. The van der Waals surface area contributed by atoms with Gasteiger partial charge in [-0.1, -0.05) is 6.92 Å². The average Bonchev–Trinajstić information content (AvgIpc) is 2.87. The first kappa shape index (κ1) is 13.8. The van der Waals surface area contributed by atoms with Crippen molar-refractivity contribution in [3.8, 4) is 0 Å². The van der Waals surface area contributed by atoms with Gasteiger partial charge in [0.25, 0.3) is 5.56 Å². The molecule has 22 heavy (non-hydrogen) atoms. The van der Waals surface area contributed by atoms with Gasteiger partial charge in [-0.15, -0.1) is 11.3 Å². The van der Waals surface area contributed by atoms with Gasteiger partial charge in [0.1, 0.15) is 9.53 Å². The fourth-order valence-corrected chi connectivity index (χ4v) is 3.99. The number of aromatic nitrogens is 3. The molecule has 4 rings (SSSR count). The fourth-order valence-electron chi connectivity index (χ4n) is 2.88. The minimum atomic E-state index is -0.140. The van der Waals surface area contributed by atoms with Crippen molar-refractivity contribution < 1.29 is 4.74 Å². The standard InChI is InChI=1S/C16H17N3O2S/c1-4-16(2)6-11-9(7-21-16)5-10-12-13(22-14(10)18-11)15(20)19(3)8-17-12/h5,8H,4,6-7H2,1-3H3/t16-/m0/s1. The lowest BCUT2D eigenvalue weighted by Gasteiger charge is -2.33. The maximum Gasteiger partial charge on any atom is 0.271 e. The molecule has 1 atom stereocenters. The summed E-state index contributed by atoms with van der Waals surface area (Å²) in [4.78, 5) is 22.4. The molecule has 0 saturated carbocycles. The highest BCUT2D eigenvalue weighted by atomic mass is 32.1. The Morgan fingerprint density at radius 3 is 3.09 bits per heavy atom. The van der Waals surface area contributed by atoms with Gasteiger partial charge in [-0.05, 0) is 19.4 Å². The summed E-state index contributed by atoms with van der Waals surface area (Å²) in [5, 5.41) is 0.958. The zero-order valence-electron chi connectivity index (χ0n) is 12.8. The average molecular weight is 315 g/mol. The van der Waals surface area contributed by atoms with Gasteiger partial charge in [-0.3, -0.25) is 4.79 Å². The van der Waals surface area contributed by atoms with E-state index in [1.165, 1.54) is 15.9 Å². The molecule has 3 aromatic rings. The Labute approximate surface area is 131 Å². The second kappa shape index (κ2) is 4.60. The fraction of sp³-hybridized carbons (Fsp3) is 0.438. The molecular formula is C16H17N3O2S. The van der Waals surface area contributed by atoms with Crippen LogP contribution in [0.5, 0.6) is 0 Å². The number of nitrogens with zero attached hydrogens (tertiary/aromatic N) is 3. The molecule has 0 saturated heterocycles. The number of hydrogen-bond donors (Lipinski definition) is 0. The van der Waals surface area contributed by atoms with E-state index in [2.05, 4.69) is 24.9 Å². The number of pyridine rings is 1. The molecule has 1 aliphatic rings. The third-order valence-corrected chi connectivity index (χ3v) is 5.64. The van der Waals surface area contributed by atoms with E-state index in [0.29, 0.717) is 11.3 Å². The molecule has 0 fully saturated rings. The van der Waals surface area contributed by atoms with E-state index in [1.807, 2.05) is 0 Å². The van der Waals surface area contributed by atoms with E-state index >= 15 is 0 Å². The first-order valence-corrected chi connectivity index (χ1v) is 8.23. The van der Waals surface area contributed by atoms with Crippen molar-refractivity contribution in [3.05, 3.63) is 34.0 Å². The summed E-state index contributed by atoms with van der Waals surface area (Å²) < 4.78 is 8.18. The molecule has 1 aliphatic heterocycles. The monoisotopic (exact) mass is 315 g/mol. The Hall–Kier alpha value is -1.79. The molecule has 4 heterocycles. The molecule has 0 aromatic carbocycles. The first-order chi connectivity index (χ1) is 10.5. The SMILES string of the molecule is CC[C@@]1(C)Cc2nc3sc4c(=O)n(C)cnc4c3cc2CO1.